The lowest BCUT2D eigenvalue weighted by Crippen LogP contribution is -2.50. The highest BCUT2D eigenvalue weighted by Crippen LogP contribution is 2.41. The van der Waals surface area contributed by atoms with Crippen LogP contribution < -0.4 is 10.9 Å². The minimum atomic E-state index is -0.338. The predicted octanol–water partition coefficient (Wildman–Crippen LogP) is 4.31. The van der Waals surface area contributed by atoms with Crippen molar-refractivity contribution in [2.45, 2.75) is 75.5 Å². The van der Waals surface area contributed by atoms with E-state index < -0.39 is 0 Å². The number of benzene rings is 2. The second-order valence-corrected chi connectivity index (χ2v) is 10.5. The summed E-state index contributed by atoms with van der Waals surface area (Å²) in [6.45, 7) is 0.715. The average Bonchev–Trinajstić information content (AvgIpc) is 3.54. The summed E-state index contributed by atoms with van der Waals surface area (Å²) in [7, 11) is 1.91. The van der Waals surface area contributed by atoms with Crippen LogP contribution in [0.5, 0.6) is 0 Å². The number of likely N-dealkylation sites (tertiary alicyclic amines) is 1. The molecule has 0 spiro atoms. The summed E-state index contributed by atoms with van der Waals surface area (Å²) in [5.74, 6) is 0.561. The average molecular weight is 475 g/mol. The Labute approximate surface area is 209 Å². The Hall–Kier alpha value is -2.70. The Kier molecular flexibility index (Phi) is 7.49. The summed E-state index contributed by atoms with van der Waals surface area (Å²) in [5.41, 5.74) is 8.84. The van der Waals surface area contributed by atoms with Crippen LogP contribution in [0.1, 0.15) is 73.3 Å². The molecule has 0 radical (unpaired) electrons. The first-order valence-electron chi connectivity index (χ1n) is 13.3. The molecule has 2 aromatic rings. The van der Waals surface area contributed by atoms with Crippen LogP contribution in [0, 0.1) is 5.92 Å². The Bertz CT molecular complexity index is 998. The third kappa shape index (κ3) is 5.29. The number of nitrogens with one attached hydrogen (secondary N) is 2. The quantitative estimate of drug-likeness (QED) is 0.628. The number of hydrogen-bond acceptors (Lipinski definition) is 4. The topological polar surface area (TPSA) is 64.7 Å². The molecule has 1 aliphatic carbocycles. The molecule has 2 heterocycles. The summed E-state index contributed by atoms with van der Waals surface area (Å²) < 4.78 is 0. The summed E-state index contributed by atoms with van der Waals surface area (Å²) in [6.07, 6.45) is 8.29. The molecular weight excluding hydrogens is 436 g/mol. The molecule has 0 aromatic heterocycles. The monoisotopic (exact) mass is 474 g/mol. The third-order valence-corrected chi connectivity index (χ3v) is 8.23. The molecule has 5 unspecified atom stereocenters. The molecule has 2 saturated heterocycles. The fourth-order valence-corrected chi connectivity index (χ4v) is 6.36. The molecule has 186 valence electrons. The summed E-state index contributed by atoms with van der Waals surface area (Å²) in [4.78, 5) is 30.9. The molecule has 3 fully saturated rings. The van der Waals surface area contributed by atoms with Crippen LogP contribution >= 0.6 is 0 Å². The zero-order valence-electron chi connectivity index (χ0n) is 20.7. The van der Waals surface area contributed by atoms with Crippen LogP contribution in [0.2, 0.25) is 0 Å². The van der Waals surface area contributed by atoms with Gasteiger partial charge in [-0.05, 0) is 62.1 Å². The normalized spacial score (nSPS) is 28.0. The van der Waals surface area contributed by atoms with Crippen molar-refractivity contribution in [3.8, 4) is 0 Å². The van der Waals surface area contributed by atoms with Gasteiger partial charge < -0.3 is 9.80 Å². The second-order valence-electron chi connectivity index (χ2n) is 10.5. The number of fused-ring (bicyclic) bond motifs is 1. The van der Waals surface area contributed by atoms with Gasteiger partial charge >= 0.3 is 0 Å². The van der Waals surface area contributed by atoms with E-state index in [-0.39, 0.29) is 23.9 Å². The van der Waals surface area contributed by atoms with E-state index in [0.29, 0.717) is 30.1 Å². The SMILES string of the molecule is CN(CCCC1CC(c2ccccc2)NN1)C(=O)C1CC2CCCCC2N1C(=O)c1ccccc1. The van der Waals surface area contributed by atoms with Gasteiger partial charge in [0.15, 0.2) is 0 Å². The molecule has 2 amide bonds. The zero-order chi connectivity index (χ0) is 24.2. The van der Waals surface area contributed by atoms with Gasteiger partial charge in [-0.25, -0.2) is 0 Å². The van der Waals surface area contributed by atoms with Crippen molar-refractivity contribution in [3.05, 3.63) is 71.8 Å². The Balaban J connectivity index is 1.18. The molecule has 5 atom stereocenters. The van der Waals surface area contributed by atoms with Crippen molar-refractivity contribution in [2.24, 2.45) is 5.92 Å². The molecular formula is C29H38N4O2. The maximum absolute atomic E-state index is 13.6. The first-order chi connectivity index (χ1) is 17.1. The number of hydrazine groups is 1. The lowest BCUT2D eigenvalue weighted by Gasteiger charge is -2.34. The van der Waals surface area contributed by atoms with Crippen molar-refractivity contribution in [1.82, 2.24) is 20.7 Å². The van der Waals surface area contributed by atoms with Gasteiger partial charge in [0.25, 0.3) is 5.91 Å². The molecule has 3 aliphatic rings. The third-order valence-electron chi connectivity index (χ3n) is 8.23. The molecule has 2 aliphatic heterocycles. The number of hydrogen-bond donors (Lipinski definition) is 2. The molecule has 35 heavy (non-hydrogen) atoms. The number of rotatable bonds is 7. The van der Waals surface area contributed by atoms with Crippen LogP contribution in [-0.4, -0.2) is 53.3 Å². The van der Waals surface area contributed by atoms with Gasteiger partial charge in [-0.2, -0.15) is 0 Å². The summed E-state index contributed by atoms with van der Waals surface area (Å²) in [5, 5.41) is 0. The van der Waals surface area contributed by atoms with Crippen LogP contribution in [-0.2, 0) is 4.79 Å². The number of amides is 2. The second kappa shape index (κ2) is 10.9. The van der Waals surface area contributed by atoms with E-state index in [4.69, 9.17) is 0 Å². The predicted molar refractivity (Wildman–Crippen MR) is 137 cm³/mol. The van der Waals surface area contributed by atoms with Crippen LogP contribution in [0.15, 0.2) is 60.7 Å². The van der Waals surface area contributed by atoms with Gasteiger partial charge in [0.2, 0.25) is 5.91 Å². The molecule has 2 aromatic carbocycles. The van der Waals surface area contributed by atoms with Crippen LogP contribution in [0.4, 0.5) is 0 Å². The van der Waals surface area contributed by atoms with Gasteiger partial charge in [0, 0.05) is 37.3 Å². The smallest absolute Gasteiger partial charge is 0.254 e. The van der Waals surface area contributed by atoms with Gasteiger partial charge in [0.1, 0.15) is 6.04 Å². The Morgan fingerprint density at radius 1 is 0.943 bits per heavy atom. The van der Waals surface area contributed by atoms with Crippen molar-refractivity contribution >= 4 is 11.8 Å². The maximum atomic E-state index is 13.6. The number of nitrogens with zero attached hydrogens (tertiary/aromatic N) is 2. The van der Waals surface area contributed by atoms with Crippen molar-refractivity contribution in [1.29, 1.82) is 0 Å². The minimum Gasteiger partial charge on any atom is -0.344 e. The largest absolute Gasteiger partial charge is 0.344 e. The van der Waals surface area contributed by atoms with E-state index >= 15 is 0 Å². The Morgan fingerprint density at radius 2 is 1.66 bits per heavy atom. The summed E-state index contributed by atoms with van der Waals surface area (Å²) in [6, 6.07) is 20.6. The van der Waals surface area contributed by atoms with E-state index in [0.717, 1.165) is 44.9 Å². The fourth-order valence-electron chi connectivity index (χ4n) is 6.36. The lowest BCUT2D eigenvalue weighted by molar-refractivity contribution is -0.134. The molecule has 6 heteroatoms. The van der Waals surface area contributed by atoms with E-state index in [1.54, 1.807) is 0 Å². The fraction of sp³-hybridized carbons (Fsp3) is 0.517. The van der Waals surface area contributed by atoms with Gasteiger partial charge in [0.05, 0.1) is 0 Å². The molecule has 0 bridgehead atoms. The first kappa shape index (κ1) is 24.0. The first-order valence-corrected chi connectivity index (χ1v) is 13.3. The standard InChI is InChI=1S/C29H38N4O2/c1-32(18-10-16-24-20-25(31-30-24)21-11-4-2-5-12-21)29(35)27-19-23-15-8-9-17-26(23)33(27)28(34)22-13-6-3-7-14-22/h2-7,11-14,23-27,30-31H,8-10,15-20H2,1H3. The lowest BCUT2D eigenvalue weighted by atomic mass is 9.84. The maximum Gasteiger partial charge on any atom is 0.254 e. The van der Waals surface area contributed by atoms with E-state index in [2.05, 4.69) is 35.1 Å². The van der Waals surface area contributed by atoms with E-state index in [1.807, 2.05) is 53.2 Å². The van der Waals surface area contributed by atoms with Gasteiger partial charge in [-0.3, -0.25) is 20.4 Å². The molecule has 2 N–H and O–H groups in total. The van der Waals surface area contributed by atoms with Crippen molar-refractivity contribution in [3.63, 3.8) is 0 Å². The van der Waals surface area contributed by atoms with E-state index in [1.165, 1.54) is 12.0 Å². The number of likely N-dealkylation sites (N-methyl/N-ethyl adjacent to an activating group) is 1. The van der Waals surface area contributed by atoms with Crippen LogP contribution in [0.3, 0.4) is 0 Å². The highest BCUT2D eigenvalue weighted by molar-refractivity contribution is 5.98. The molecule has 6 nitrogen and oxygen atoms in total. The summed E-state index contributed by atoms with van der Waals surface area (Å²) >= 11 is 0. The number of carbonyl (C=O) groups is 2. The Morgan fingerprint density at radius 3 is 2.43 bits per heavy atom. The van der Waals surface area contributed by atoms with Crippen LogP contribution in [0.25, 0.3) is 0 Å². The van der Waals surface area contributed by atoms with Gasteiger partial charge in [-0.15, -0.1) is 0 Å². The van der Waals surface area contributed by atoms with Gasteiger partial charge in [-0.1, -0.05) is 61.4 Å². The van der Waals surface area contributed by atoms with Crippen molar-refractivity contribution in [2.75, 3.05) is 13.6 Å². The minimum absolute atomic E-state index is 0.0138. The van der Waals surface area contributed by atoms with E-state index in [9.17, 15) is 9.59 Å². The zero-order valence-corrected chi connectivity index (χ0v) is 20.7. The molecule has 5 rings (SSSR count). The highest BCUT2D eigenvalue weighted by atomic mass is 16.2. The van der Waals surface area contributed by atoms with Crippen molar-refractivity contribution < 1.29 is 9.59 Å². The highest BCUT2D eigenvalue weighted by Gasteiger charge is 2.48. The number of carbonyl (C=O) groups excluding carboxylic acids is 2. The molecule has 1 saturated carbocycles.